The summed E-state index contributed by atoms with van der Waals surface area (Å²) < 4.78 is 7.46. The van der Waals surface area contributed by atoms with Crippen LogP contribution in [0.2, 0.25) is 0 Å². The van der Waals surface area contributed by atoms with Crippen LogP contribution in [0.25, 0.3) is 0 Å². The van der Waals surface area contributed by atoms with E-state index in [0.717, 1.165) is 38.3 Å². The van der Waals surface area contributed by atoms with E-state index < -0.39 is 0 Å². The number of carbonyl (C=O) groups is 1. The number of hydrogen-bond donors (Lipinski definition) is 0. The van der Waals surface area contributed by atoms with Crippen LogP contribution in [0.4, 0.5) is 0 Å². The van der Waals surface area contributed by atoms with Gasteiger partial charge in [0, 0.05) is 44.6 Å². The number of hydrogen-bond acceptors (Lipinski definition) is 3. The Bertz CT molecular complexity index is 646. The van der Waals surface area contributed by atoms with Gasteiger partial charge in [-0.2, -0.15) is 0 Å². The van der Waals surface area contributed by atoms with E-state index >= 15 is 0 Å². The van der Waals surface area contributed by atoms with Crippen LogP contribution in [0.5, 0.6) is 0 Å². The molecule has 0 radical (unpaired) electrons. The number of amides is 1. The average molecular weight is 327 g/mol. The maximum atomic E-state index is 12.0. The van der Waals surface area contributed by atoms with Crippen LogP contribution in [0.3, 0.4) is 0 Å². The molecule has 0 unspecified atom stereocenters. The van der Waals surface area contributed by atoms with Gasteiger partial charge in [0.25, 0.3) is 0 Å². The van der Waals surface area contributed by atoms with E-state index in [1.807, 2.05) is 24.1 Å². The highest BCUT2D eigenvalue weighted by atomic mass is 16.5. The van der Waals surface area contributed by atoms with E-state index in [9.17, 15) is 4.79 Å². The molecule has 0 spiro atoms. The molecule has 1 saturated heterocycles. The average Bonchev–Trinajstić information content (AvgIpc) is 3.09. The minimum atomic E-state index is 0.0999. The normalized spacial score (nSPS) is 15.6. The molecule has 1 aliphatic heterocycles. The standard InChI is InChI=1S/C19H25N3O2/c1-2-24-15-18(23)21-11-8-17(9-12-21)19-20-10-13-22(19)14-16-6-4-3-5-7-16/h3-7,10,13,17H,2,8-9,11-12,14-15H2,1H3. The van der Waals surface area contributed by atoms with E-state index in [1.54, 1.807) is 0 Å². The third-order valence-corrected chi connectivity index (χ3v) is 4.59. The van der Waals surface area contributed by atoms with Crippen molar-refractivity contribution in [3.63, 3.8) is 0 Å². The summed E-state index contributed by atoms with van der Waals surface area (Å²) in [6.45, 7) is 5.11. The monoisotopic (exact) mass is 327 g/mol. The molecule has 1 aromatic carbocycles. The molecular weight excluding hydrogens is 302 g/mol. The topological polar surface area (TPSA) is 47.4 Å². The van der Waals surface area contributed by atoms with Crippen LogP contribution in [0.1, 0.15) is 37.1 Å². The highest BCUT2D eigenvalue weighted by molar-refractivity contribution is 5.77. The van der Waals surface area contributed by atoms with Gasteiger partial charge in [-0.1, -0.05) is 30.3 Å². The maximum absolute atomic E-state index is 12.0. The lowest BCUT2D eigenvalue weighted by Gasteiger charge is -2.32. The number of benzene rings is 1. The maximum Gasteiger partial charge on any atom is 0.248 e. The summed E-state index contributed by atoms with van der Waals surface area (Å²) in [5.41, 5.74) is 1.28. The van der Waals surface area contributed by atoms with Gasteiger partial charge in [0.15, 0.2) is 0 Å². The van der Waals surface area contributed by atoms with Gasteiger partial charge in [-0.15, -0.1) is 0 Å². The van der Waals surface area contributed by atoms with Crippen LogP contribution in [0, 0.1) is 0 Å². The molecule has 0 bridgehead atoms. The number of likely N-dealkylation sites (tertiary alicyclic amines) is 1. The predicted octanol–water partition coefficient (Wildman–Crippen LogP) is 2.67. The molecular formula is C19H25N3O2. The Morgan fingerprint density at radius 3 is 2.71 bits per heavy atom. The minimum Gasteiger partial charge on any atom is -0.372 e. The number of aromatic nitrogens is 2. The smallest absolute Gasteiger partial charge is 0.248 e. The van der Waals surface area contributed by atoms with Gasteiger partial charge < -0.3 is 14.2 Å². The predicted molar refractivity (Wildman–Crippen MR) is 92.8 cm³/mol. The van der Waals surface area contributed by atoms with Gasteiger partial charge in [0.2, 0.25) is 5.91 Å². The molecule has 0 saturated carbocycles. The first-order valence-corrected chi connectivity index (χ1v) is 8.68. The van der Waals surface area contributed by atoms with Crippen molar-refractivity contribution < 1.29 is 9.53 Å². The number of carbonyl (C=O) groups excluding carboxylic acids is 1. The quantitative estimate of drug-likeness (QED) is 0.819. The largest absolute Gasteiger partial charge is 0.372 e. The lowest BCUT2D eigenvalue weighted by atomic mass is 9.95. The van der Waals surface area contributed by atoms with E-state index in [-0.39, 0.29) is 12.5 Å². The van der Waals surface area contributed by atoms with Crippen LogP contribution in [0.15, 0.2) is 42.7 Å². The molecule has 0 aliphatic carbocycles. The van der Waals surface area contributed by atoms with Crippen molar-refractivity contribution in [3.05, 3.63) is 54.1 Å². The Hall–Kier alpha value is -2.14. The van der Waals surface area contributed by atoms with Crippen LogP contribution in [-0.4, -0.2) is 46.7 Å². The fourth-order valence-electron chi connectivity index (χ4n) is 3.26. The van der Waals surface area contributed by atoms with Crippen LogP contribution < -0.4 is 0 Å². The SMILES string of the molecule is CCOCC(=O)N1CCC(c2nccn2Cc2ccccc2)CC1. The Balaban J connectivity index is 1.59. The lowest BCUT2D eigenvalue weighted by molar-refractivity contribution is -0.137. The van der Waals surface area contributed by atoms with Gasteiger partial charge >= 0.3 is 0 Å². The van der Waals surface area contributed by atoms with Crippen molar-refractivity contribution in [3.8, 4) is 0 Å². The molecule has 0 atom stereocenters. The fraction of sp³-hybridized carbons (Fsp3) is 0.474. The minimum absolute atomic E-state index is 0.0999. The van der Waals surface area contributed by atoms with Crippen molar-refractivity contribution in [1.29, 1.82) is 0 Å². The first-order valence-electron chi connectivity index (χ1n) is 8.68. The molecule has 1 fully saturated rings. The highest BCUT2D eigenvalue weighted by Crippen LogP contribution is 2.27. The van der Waals surface area contributed by atoms with Crippen LogP contribution >= 0.6 is 0 Å². The van der Waals surface area contributed by atoms with Gasteiger partial charge in [-0.3, -0.25) is 4.79 Å². The molecule has 1 aromatic heterocycles. The summed E-state index contributed by atoms with van der Waals surface area (Å²) in [5.74, 6) is 1.65. The van der Waals surface area contributed by atoms with Crippen molar-refractivity contribution in [2.45, 2.75) is 32.2 Å². The molecule has 128 valence electrons. The summed E-state index contributed by atoms with van der Waals surface area (Å²) in [7, 11) is 0. The number of rotatable bonds is 6. The number of imidazole rings is 1. The zero-order chi connectivity index (χ0) is 16.8. The van der Waals surface area contributed by atoms with E-state index in [2.05, 4.69) is 40.0 Å². The van der Waals surface area contributed by atoms with Crippen molar-refractivity contribution in [2.24, 2.45) is 0 Å². The molecule has 24 heavy (non-hydrogen) atoms. The molecule has 2 heterocycles. The molecule has 5 nitrogen and oxygen atoms in total. The Morgan fingerprint density at radius 1 is 1.25 bits per heavy atom. The summed E-state index contributed by atoms with van der Waals surface area (Å²) in [5, 5.41) is 0. The molecule has 5 heteroatoms. The number of nitrogens with zero attached hydrogens (tertiary/aromatic N) is 3. The summed E-state index contributed by atoms with van der Waals surface area (Å²) in [4.78, 5) is 18.5. The van der Waals surface area contributed by atoms with E-state index in [4.69, 9.17) is 4.74 Å². The second-order valence-corrected chi connectivity index (χ2v) is 6.19. The molecule has 0 N–H and O–H groups in total. The third-order valence-electron chi connectivity index (χ3n) is 4.59. The van der Waals surface area contributed by atoms with Gasteiger partial charge in [-0.05, 0) is 25.3 Å². The molecule has 1 aliphatic rings. The first kappa shape index (κ1) is 16.7. The first-order chi connectivity index (χ1) is 11.8. The van der Waals surface area contributed by atoms with Crippen molar-refractivity contribution in [1.82, 2.24) is 14.5 Å². The van der Waals surface area contributed by atoms with Crippen LogP contribution in [-0.2, 0) is 16.1 Å². The fourth-order valence-corrected chi connectivity index (χ4v) is 3.26. The summed E-state index contributed by atoms with van der Waals surface area (Å²) in [6.07, 6.45) is 5.85. The van der Waals surface area contributed by atoms with Crippen molar-refractivity contribution >= 4 is 5.91 Å². The van der Waals surface area contributed by atoms with Gasteiger partial charge in [-0.25, -0.2) is 4.98 Å². The Labute approximate surface area is 143 Å². The number of ether oxygens (including phenoxy) is 1. The number of piperidine rings is 1. The highest BCUT2D eigenvalue weighted by Gasteiger charge is 2.26. The molecule has 2 aromatic rings. The second-order valence-electron chi connectivity index (χ2n) is 6.19. The van der Waals surface area contributed by atoms with Gasteiger partial charge in [0.05, 0.1) is 0 Å². The van der Waals surface area contributed by atoms with E-state index in [0.29, 0.717) is 12.5 Å². The zero-order valence-corrected chi connectivity index (χ0v) is 14.2. The molecule has 3 rings (SSSR count). The lowest BCUT2D eigenvalue weighted by Crippen LogP contribution is -2.40. The summed E-state index contributed by atoms with van der Waals surface area (Å²) >= 11 is 0. The molecule has 1 amide bonds. The van der Waals surface area contributed by atoms with Crippen molar-refractivity contribution in [2.75, 3.05) is 26.3 Å². The Morgan fingerprint density at radius 2 is 2.00 bits per heavy atom. The van der Waals surface area contributed by atoms with Gasteiger partial charge in [0.1, 0.15) is 12.4 Å². The van der Waals surface area contributed by atoms with E-state index in [1.165, 1.54) is 5.56 Å². The summed E-state index contributed by atoms with van der Waals surface area (Å²) in [6, 6.07) is 10.4. The zero-order valence-electron chi connectivity index (χ0n) is 14.2. The third kappa shape index (κ3) is 4.03. The second kappa shape index (κ2) is 8.11. The Kier molecular flexibility index (Phi) is 5.64.